The molecule has 0 bridgehead atoms. The second-order valence-corrected chi connectivity index (χ2v) is 11.7. The molecular formula is C34H40FN7O2S2. The average molecular weight is 662 g/mol. The van der Waals surface area contributed by atoms with Crippen molar-refractivity contribution in [1.29, 1.82) is 0 Å². The first-order chi connectivity index (χ1) is 21.3. The quantitative estimate of drug-likeness (QED) is 0.189. The number of nitrogens with zero attached hydrogens (tertiary/aromatic N) is 7. The van der Waals surface area contributed by atoms with Gasteiger partial charge in [0.15, 0.2) is 5.83 Å². The number of likely N-dealkylation sites (N-methyl/N-ethyl adjacent to an activating group) is 1. The van der Waals surface area contributed by atoms with Crippen molar-refractivity contribution in [2.75, 3.05) is 51.3 Å². The molecule has 2 saturated heterocycles. The summed E-state index contributed by atoms with van der Waals surface area (Å²) in [6.07, 6.45) is 3.99. The number of carbonyl (C=O) groups excluding carboxylic acids is 1. The number of aryl methyl sites for hydroxylation is 2. The topological polar surface area (TPSA) is 79.1 Å². The number of ether oxygens (including phenoxy) is 1. The zero-order chi connectivity index (χ0) is 31.0. The van der Waals surface area contributed by atoms with Gasteiger partial charge in [-0.15, -0.1) is 0 Å². The highest BCUT2D eigenvalue weighted by atomic mass is 32.1. The van der Waals surface area contributed by atoms with Crippen molar-refractivity contribution in [3.8, 4) is 17.3 Å². The number of pyridine rings is 1. The second-order valence-electron chi connectivity index (χ2n) is 11.7. The molecule has 0 unspecified atom stereocenters. The fourth-order valence-electron chi connectivity index (χ4n) is 6.58. The van der Waals surface area contributed by atoms with E-state index in [9.17, 15) is 9.18 Å². The summed E-state index contributed by atoms with van der Waals surface area (Å²) >= 11 is 0. The molecule has 2 aromatic carbocycles. The smallest absolute Gasteiger partial charge is 0.319 e. The highest BCUT2D eigenvalue weighted by Gasteiger charge is 2.35. The normalized spacial score (nSPS) is 18.2. The summed E-state index contributed by atoms with van der Waals surface area (Å²) < 4.78 is 20.1. The Balaban J connectivity index is 0.00000240. The zero-order valence-electron chi connectivity index (χ0n) is 26.4. The van der Waals surface area contributed by atoms with Crippen LogP contribution in [0.4, 0.5) is 10.2 Å². The van der Waals surface area contributed by atoms with Gasteiger partial charge in [0.1, 0.15) is 18.5 Å². The van der Waals surface area contributed by atoms with E-state index in [0.717, 1.165) is 57.9 Å². The monoisotopic (exact) mass is 661 g/mol. The number of rotatable bonds is 7. The molecule has 0 radical (unpaired) electrons. The van der Waals surface area contributed by atoms with E-state index in [1.54, 1.807) is 0 Å². The van der Waals surface area contributed by atoms with Crippen LogP contribution in [0.15, 0.2) is 55.0 Å². The largest absolute Gasteiger partial charge is 0.462 e. The molecule has 4 aromatic rings. The number of amides is 1. The van der Waals surface area contributed by atoms with Gasteiger partial charge in [-0.3, -0.25) is 9.78 Å². The number of piperazine rings is 1. The third-order valence-electron chi connectivity index (χ3n) is 8.96. The van der Waals surface area contributed by atoms with Gasteiger partial charge in [-0.2, -0.15) is 37.0 Å². The van der Waals surface area contributed by atoms with Crippen molar-refractivity contribution in [2.24, 2.45) is 0 Å². The SMILES string of the molecule is S.S.[C-]#[N+]C[C@H]1CN(c2nc(OC[C@@H]3CCCN3C)nc3c(C)c(-c4cccc5cccc(C)c45)ncc23)CCN1C(=O)C(=C)F. The van der Waals surface area contributed by atoms with Gasteiger partial charge in [0.25, 0.3) is 5.91 Å². The van der Waals surface area contributed by atoms with Gasteiger partial charge in [-0.1, -0.05) is 43.0 Å². The Hall–Kier alpha value is -3.92. The lowest BCUT2D eigenvalue weighted by molar-refractivity contribution is -0.131. The lowest BCUT2D eigenvalue weighted by atomic mass is 9.95. The molecule has 9 nitrogen and oxygen atoms in total. The number of fused-ring (bicyclic) bond motifs is 2. The van der Waals surface area contributed by atoms with Crippen LogP contribution in [-0.4, -0.2) is 89.1 Å². The first-order valence-electron chi connectivity index (χ1n) is 15.0. The van der Waals surface area contributed by atoms with Crippen LogP contribution in [0.25, 0.3) is 37.8 Å². The zero-order valence-corrected chi connectivity index (χ0v) is 28.4. The predicted octanol–water partition coefficient (Wildman–Crippen LogP) is 5.58. The fraction of sp³-hybridized carbons (Fsp3) is 0.382. The Bertz CT molecular complexity index is 1810. The van der Waals surface area contributed by atoms with Gasteiger partial charge >= 0.3 is 6.01 Å². The van der Waals surface area contributed by atoms with E-state index in [4.69, 9.17) is 26.3 Å². The lowest BCUT2D eigenvalue weighted by Crippen LogP contribution is -2.56. The minimum absolute atomic E-state index is 0. The number of aromatic nitrogens is 3. The van der Waals surface area contributed by atoms with Crippen LogP contribution in [0.3, 0.4) is 0 Å². The van der Waals surface area contributed by atoms with E-state index >= 15 is 0 Å². The lowest BCUT2D eigenvalue weighted by Gasteiger charge is -2.39. The molecule has 1 amide bonds. The summed E-state index contributed by atoms with van der Waals surface area (Å²) in [5.74, 6) is -1.17. The van der Waals surface area contributed by atoms with Crippen molar-refractivity contribution < 1.29 is 13.9 Å². The molecule has 12 heteroatoms. The van der Waals surface area contributed by atoms with E-state index in [1.165, 1.54) is 10.5 Å². The molecule has 4 heterocycles. The highest BCUT2D eigenvalue weighted by molar-refractivity contribution is 7.59. The molecule has 6 rings (SSSR count). The Kier molecular flexibility index (Phi) is 11.1. The predicted molar refractivity (Wildman–Crippen MR) is 191 cm³/mol. The Morgan fingerprint density at radius 2 is 1.87 bits per heavy atom. The van der Waals surface area contributed by atoms with E-state index in [0.29, 0.717) is 25.5 Å². The maximum absolute atomic E-state index is 13.8. The minimum atomic E-state index is -1.02. The summed E-state index contributed by atoms with van der Waals surface area (Å²) in [6, 6.07) is 12.6. The fourth-order valence-corrected chi connectivity index (χ4v) is 6.58. The molecule has 0 N–H and O–H groups in total. The Labute approximate surface area is 283 Å². The Morgan fingerprint density at radius 1 is 1.11 bits per heavy atom. The van der Waals surface area contributed by atoms with E-state index < -0.39 is 17.8 Å². The number of halogens is 1. The van der Waals surface area contributed by atoms with E-state index in [2.05, 4.69) is 60.6 Å². The van der Waals surface area contributed by atoms with Gasteiger partial charge in [0.2, 0.25) is 6.54 Å². The van der Waals surface area contributed by atoms with Gasteiger partial charge in [-0.25, -0.2) is 11.0 Å². The van der Waals surface area contributed by atoms with Gasteiger partial charge in [0.05, 0.1) is 16.6 Å². The molecule has 2 aliphatic heterocycles. The summed E-state index contributed by atoms with van der Waals surface area (Å²) in [5, 5.41) is 3.05. The second kappa shape index (κ2) is 14.7. The number of likely N-dealkylation sites (tertiary alicyclic amines) is 1. The first-order valence-corrected chi connectivity index (χ1v) is 15.0. The van der Waals surface area contributed by atoms with Gasteiger partial charge < -0.3 is 24.3 Å². The summed E-state index contributed by atoms with van der Waals surface area (Å²) in [5.41, 5.74) is 4.68. The molecule has 0 saturated carbocycles. The van der Waals surface area contributed by atoms with Gasteiger partial charge in [-0.05, 0) is 56.6 Å². The van der Waals surface area contributed by atoms with Crippen LogP contribution in [0.5, 0.6) is 6.01 Å². The van der Waals surface area contributed by atoms with Crippen LogP contribution < -0.4 is 9.64 Å². The van der Waals surface area contributed by atoms with Crippen molar-refractivity contribution >= 4 is 60.4 Å². The van der Waals surface area contributed by atoms with Crippen LogP contribution in [-0.2, 0) is 4.79 Å². The Morgan fingerprint density at radius 3 is 2.57 bits per heavy atom. The number of hydrogen-bond acceptors (Lipinski definition) is 7. The van der Waals surface area contributed by atoms with Crippen LogP contribution in [0, 0.1) is 20.4 Å². The van der Waals surface area contributed by atoms with Crippen molar-refractivity contribution in [1.82, 2.24) is 24.8 Å². The first kappa shape index (κ1) is 34.9. The molecule has 242 valence electrons. The van der Waals surface area contributed by atoms with Gasteiger partial charge in [0, 0.05) is 43.0 Å². The molecule has 2 fully saturated rings. The third kappa shape index (κ3) is 6.63. The molecule has 0 aliphatic carbocycles. The molecule has 0 spiro atoms. The standard InChI is InChI=1S/C34H36FN7O2.2H2S/c1-21-9-6-10-24-11-7-13-27(29(21)24)30-22(2)31-28(18-37-30)32(39-34(38-31)44-20-25-12-8-14-40(25)5)41-15-16-42(33(43)23(3)35)26(19-41)17-36-4;;/h6-7,9-11,13,18,25-26H,3,8,12,14-17,19-20H2,1-2,5H3;2*1H2/t25-,26-;;/m0../s1. The molecule has 2 aromatic heterocycles. The number of anilines is 1. The maximum Gasteiger partial charge on any atom is 0.319 e. The van der Waals surface area contributed by atoms with E-state index in [1.807, 2.05) is 24.1 Å². The summed E-state index contributed by atoms with van der Waals surface area (Å²) in [4.78, 5) is 36.6. The van der Waals surface area contributed by atoms with Crippen molar-refractivity contribution in [3.05, 3.63) is 77.5 Å². The number of carbonyl (C=O) groups is 1. The third-order valence-corrected chi connectivity index (χ3v) is 8.96. The van der Waals surface area contributed by atoms with Crippen LogP contribution >= 0.6 is 27.0 Å². The molecule has 2 aliphatic rings. The average Bonchev–Trinajstić information content (AvgIpc) is 3.44. The summed E-state index contributed by atoms with van der Waals surface area (Å²) in [6.45, 7) is 17.3. The number of hydrogen-bond donors (Lipinski definition) is 0. The van der Waals surface area contributed by atoms with Crippen LogP contribution in [0.2, 0.25) is 0 Å². The van der Waals surface area contributed by atoms with Crippen molar-refractivity contribution in [2.45, 2.75) is 38.8 Å². The minimum Gasteiger partial charge on any atom is -0.462 e. The molecule has 2 atom stereocenters. The molecular weight excluding hydrogens is 622 g/mol. The van der Waals surface area contributed by atoms with E-state index in [-0.39, 0.29) is 52.1 Å². The van der Waals surface area contributed by atoms with Crippen LogP contribution in [0.1, 0.15) is 24.0 Å². The molecule has 46 heavy (non-hydrogen) atoms. The highest BCUT2D eigenvalue weighted by Crippen LogP contribution is 2.37. The maximum atomic E-state index is 13.8. The number of benzene rings is 2. The summed E-state index contributed by atoms with van der Waals surface area (Å²) in [7, 11) is 2.10. The van der Waals surface area contributed by atoms with Crippen molar-refractivity contribution in [3.63, 3.8) is 0 Å².